The maximum absolute atomic E-state index is 10.1. The summed E-state index contributed by atoms with van der Waals surface area (Å²) in [6.45, 7) is 0.212. The number of aliphatic hydroxyl groups excluding tert-OH is 2. The number of nitrogens with two attached hydrogens (primary N) is 1. The van der Waals surface area contributed by atoms with Gasteiger partial charge in [-0.3, -0.25) is 0 Å². The highest BCUT2D eigenvalue weighted by Crippen LogP contribution is 2.26. The second-order valence-electron chi connectivity index (χ2n) is 4.87. The van der Waals surface area contributed by atoms with Gasteiger partial charge < -0.3 is 34.9 Å². The highest BCUT2D eigenvalue weighted by Gasteiger charge is 2.46. The van der Waals surface area contributed by atoms with Crippen molar-refractivity contribution in [3.63, 3.8) is 0 Å². The van der Waals surface area contributed by atoms with E-state index < -0.39 is 30.7 Å². The van der Waals surface area contributed by atoms with Gasteiger partial charge in [-0.05, 0) is 24.3 Å². The molecule has 0 bridgehead atoms. The van der Waals surface area contributed by atoms with E-state index in [9.17, 15) is 10.2 Å². The van der Waals surface area contributed by atoms with Gasteiger partial charge >= 0.3 is 0 Å². The van der Waals surface area contributed by atoms with Crippen LogP contribution in [0.5, 0.6) is 5.75 Å². The van der Waals surface area contributed by atoms with Crippen LogP contribution in [0.15, 0.2) is 24.3 Å². The van der Waals surface area contributed by atoms with Gasteiger partial charge in [0.25, 0.3) is 0 Å². The van der Waals surface area contributed by atoms with Crippen LogP contribution in [-0.4, -0.2) is 61.7 Å². The molecule has 0 saturated carbocycles. The number of nitrogen functional groups attached to an aromatic ring is 1. The third-order valence-electron chi connectivity index (χ3n) is 3.38. The van der Waals surface area contributed by atoms with Crippen LogP contribution in [0.1, 0.15) is 0 Å². The van der Waals surface area contributed by atoms with Gasteiger partial charge in [-0.15, -0.1) is 0 Å². The van der Waals surface area contributed by atoms with Crippen molar-refractivity contribution < 1.29 is 29.2 Å². The minimum atomic E-state index is -1.24. The van der Waals surface area contributed by atoms with E-state index in [1.54, 1.807) is 24.3 Å². The standard InChI is InChI=1S/C14H21NO6/c1-18-7-10-13(19-2)11(16)12(17)14(21-10)20-9-5-3-8(15)4-6-9/h3-6,10-14,16-17H,7,15H2,1-2H3. The van der Waals surface area contributed by atoms with Crippen LogP contribution < -0.4 is 10.5 Å². The normalized spacial score (nSPS) is 32.9. The Labute approximate surface area is 123 Å². The number of hydrogen-bond acceptors (Lipinski definition) is 7. The molecule has 0 aromatic heterocycles. The lowest BCUT2D eigenvalue weighted by Gasteiger charge is -2.41. The SMILES string of the molecule is COCC1OC(Oc2ccc(N)cc2)C(O)C(O)C1OC. The zero-order chi connectivity index (χ0) is 15.4. The summed E-state index contributed by atoms with van der Waals surface area (Å²) in [5.74, 6) is 0.479. The van der Waals surface area contributed by atoms with Gasteiger partial charge in [0.1, 0.15) is 30.2 Å². The maximum atomic E-state index is 10.1. The first kappa shape index (κ1) is 16.0. The second kappa shape index (κ2) is 7.06. The molecule has 118 valence electrons. The largest absolute Gasteiger partial charge is 0.462 e. The number of aliphatic hydroxyl groups is 2. The molecule has 1 aromatic carbocycles. The molecular formula is C14H21NO6. The van der Waals surface area contributed by atoms with Gasteiger partial charge in [-0.25, -0.2) is 0 Å². The Hall–Kier alpha value is -1.38. The quantitative estimate of drug-likeness (QED) is 0.644. The average molecular weight is 299 g/mol. The Balaban J connectivity index is 2.09. The molecule has 1 heterocycles. The molecule has 7 heteroatoms. The molecule has 0 aliphatic carbocycles. The van der Waals surface area contributed by atoms with Gasteiger partial charge in [0.2, 0.25) is 6.29 Å². The Morgan fingerprint density at radius 1 is 1.14 bits per heavy atom. The molecule has 21 heavy (non-hydrogen) atoms. The second-order valence-corrected chi connectivity index (χ2v) is 4.87. The van der Waals surface area contributed by atoms with Crippen LogP contribution in [0.2, 0.25) is 0 Å². The monoisotopic (exact) mass is 299 g/mol. The summed E-state index contributed by atoms with van der Waals surface area (Å²) in [7, 11) is 2.96. The lowest BCUT2D eigenvalue weighted by atomic mass is 9.99. The maximum Gasteiger partial charge on any atom is 0.229 e. The third kappa shape index (κ3) is 3.63. The minimum absolute atomic E-state index is 0.212. The molecule has 4 N–H and O–H groups in total. The lowest BCUT2D eigenvalue weighted by Crippen LogP contribution is -2.60. The Bertz CT molecular complexity index is 440. The van der Waals surface area contributed by atoms with E-state index in [-0.39, 0.29) is 6.61 Å². The van der Waals surface area contributed by atoms with Crippen molar-refractivity contribution in [2.24, 2.45) is 0 Å². The molecule has 0 amide bonds. The van der Waals surface area contributed by atoms with Crippen molar-refractivity contribution in [2.75, 3.05) is 26.6 Å². The smallest absolute Gasteiger partial charge is 0.229 e. The minimum Gasteiger partial charge on any atom is -0.462 e. The van der Waals surface area contributed by atoms with Crippen LogP contribution in [0.25, 0.3) is 0 Å². The van der Waals surface area contributed by atoms with Crippen molar-refractivity contribution in [1.29, 1.82) is 0 Å². The zero-order valence-electron chi connectivity index (χ0n) is 12.0. The summed E-state index contributed by atoms with van der Waals surface area (Å²) < 4.78 is 21.4. The molecule has 5 unspecified atom stereocenters. The van der Waals surface area contributed by atoms with Crippen molar-refractivity contribution in [2.45, 2.75) is 30.7 Å². The van der Waals surface area contributed by atoms with E-state index in [1.165, 1.54) is 14.2 Å². The molecule has 7 nitrogen and oxygen atoms in total. The molecule has 0 spiro atoms. The van der Waals surface area contributed by atoms with Crippen molar-refractivity contribution >= 4 is 5.69 Å². The van der Waals surface area contributed by atoms with E-state index in [4.69, 9.17) is 24.7 Å². The van der Waals surface area contributed by atoms with Gasteiger partial charge in [-0.2, -0.15) is 0 Å². The van der Waals surface area contributed by atoms with E-state index in [0.717, 1.165) is 0 Å². The lowest BCUT2D eigenvalue weighted by molar-refractivity contribution is -0.283. The van der Waals surface area contributed by atoms with E-state index in [2.05, 4.69) is 0 Å². The van der Waals surface area contributed by atoms with Crippen LogP contribution >= 0.6 is 0 Å². The fourth-order valence-corrected chi connectivity index (χ4v) is 2.27. The Morgan fingerprint density at radius 2 is 1.81 bits per heavy atom. The van der Waals surface area contributed by atoms with Crippen molar-refractivity contribution in [1.82, 2.24) is 0 Å². The van der Waals surface area contributed by atoms with Crippen LogP contribution in [0.3, 0.4) is 0 Å². The molecule has 1 aromatic rings. The summed E-state index contributed by atoms with van der Waals surface area (Å²) in [6.07, 6.45) is -4.62. The van der Waals surface area contributed by atoms with Crippen molar-refractivity contribution in [3.8, 4) is 5.75 Å². The van der Waals surface area contributed by atoms with Crippen molar-refractivity contribution in [3.05, 3.63) is 24.3 Å². The predicted molar refractivity (Wildman–Crippen MR) is 74.8 cm³/mol. The van der Waals surface area contributed by atoms with Crippen LogP contribution in [0, 0.1) is 0 Å². The van der Waals surface area contributed by atoms with Crippen LogP contribution in [-0.2, 0) is 14.2 Å². The molecule has 1 saturated heterocycles. The number of methoxy groups -OCH3 is 2. The third-order valence-corrected chi connectivity index (χ3v) is 3.38. The molecular weight excluding hydrogens is 278 g/mol. The summed E-state index contributed by atoms with van der Waals surface area (Å²) in [6, 6.07) is 6.66. The first-order valence-corrected chi connectivity index (χ1v) is 6.62. The van der Waals surface area contributed by atoms with E-state index in [1.807, 2.05) is 0 Å². The highest BCUT2D eigenvalue weighted by atomic mass is 16.7. The first-order chi connectivity index (χ1) is 10.1. The molecule has 2 rings (SSSR count). The van der Waals surface area contributed by atoms with Crippen LogP contribution in [0.4, 0.5) is 5.69 Å². The average Bonchev–Trinajstić information content (AvgIpc) is 2.47. The molecule has 0 radical (unpaired) electrons. The highest BCUT2D eigenvalue weighted by molar-refractivity contribution is 5.41. The molecule has 1 aliphatic rings. The zero-order valence-corrected chi connectivity index (χ0v) is 12.0. The fourth-order valence-electron chi connectivity index (χ4n) is 2.27. The van der Waals surface area contributed by atoms with Gasteiger partial charge in [0.05, 0.1) is 6.61 Å². The van der Waals surface area contributed by atoms with Gasteiger partial charge in [0.15, 0.2) is 0 Å². The number of hydrogen-bond donors (Lipinski definition) is 3. The van der Waals surface area contributed by atoms with E-state index in [0.29, 0.717) is 11.4 Å². The molecule has 1 aliphatic heterocycles. The number of anilines is 1. The summed E-state index contributed by atoms with van der Waals surface area (Å²) in [4.78, 5) is 0. The summed E-state index contributed by atoms with van der Waals surface area (Å²) >= 11 is 0. The van der Waals surface area contributed by atoms with Gasteiger partial charge in [-0.1, -0.05) is 0 Å². The summed E-state index contributed by atoms with van der Waals surface area (Å²) in [5.41, 5.74) is 6.20. The number of benzene rings is 1. The predicted octanol–water partition coefficient (Wildman–Crippen LogP) is -0.244. The number of ether oxygens (including phenoxy) is 4. The van der Waals surface area contributed by atoms with Gasteiger partial charge in [0, 0.05) is 19.9 Å². The first-order valence-electron chi connectivity index (χ1n) is 6.62. The number of rotatable bonds is 5. The Kier molecular flexibility index (Phi) is 5.38. The van der Waals surface area contributed by atoms with E-state index >= 15 is 0 Å². The summed E-state index contributed by atoms with van der Waals surface area (Å²) in [5, 5.41) is 20.2. The topological polar surface area (TPSA) is 103 Å². The fraction of sp³-hybridized carbons (Fsp3) is 0.571. The molecule has 1 fully saturated rings. The Morgan fingerprint density at radius 3 is 2.38 bits per heavy atom. The molecule has 5 atom stereocenters.